The van der Waals surface area contributed by atoms with Gasteiger partial charge in [-0.25, -0.2) is 0 Å². The highest BCUT2D eigenvalue weighted by Gasteiger charge is 2.36. The molecule has 2 aromatic rings. The van der Waals surface area contributed by atoms with Crippen molar-refractivity contribution < 1.29 is 23.9 Å². The molecular weight excluding hydrogens is 458 g/mol. The highest BCUT2D eigenvalue weighted by atomic mass is 79.9. The Labute approximate surface area is 181 Å². The van der Waals surface area contributed by atoms with E-state index in [0.717, 1.165) is 32.3 Å². The second-order valence-electron chi connectivity index (χ2n) is 6.04. The Morgan fingerprint density at radius 2 is 1.93 bits per heavy atom. The summed E-state index contributed by atoms with van der Waals surface area (Å²) < 4.78 is 11.3. The molecule has 1 heterocycles. The molecule has 0 aromatic heterocycles. The quantitative estimate of drug-likeness (QED) is 0.429. The molecule has 0 N–H and O–H groups in total. The fraction of sp³-hybridized carbons (Fsp3) is 0.190. The number of nitrogens with zero attached hydrogens (tertiary/aromatic N) is 1. The normalized spacial score (nSPS) is 15.1. The Kier molecular flexibility index (Phi) is 7.11. The van der Waals surface area contributed by atoms with E-state index in [2.05, 4.69) is 15.9 Å². The number of amides is 2. The number of carbonyl (C=O) groups excluding carboxylic acids is 3. The van der Waals surface area contributed by atoms with Crippen LogP contribution in [0, 0.1) is 0 Å². The van der Waals surface area contributed by atoms with Gasteiger partial charge in [-0.3, -0.25) is 19.3 Å². The highest BCUT2D eigenvalue weighted by molar-refractivity contribution is 9.10. The molecule has 8 heteroatoms. The van der Waals surface area contributed by atoms with Gasteiger partial charge < -0.3 is 9.47 Å². The summed E-state index contributed by atoms with van der Waals surface area (Å²) in [5, 5.41) is -0.490. The topological polar surface area (TPSA) is 72.9 Å². The predicted octanol–water partition coefficient (Wildman–Crippen LogP) is 4.63. The molecule has 0 radical (unpaired) electrons. The van der Waals surface area contributed by atoms with Crippen LogP contribution in [0.2, 0.25) is 0 Å². The lowest BCUT2D eigenvalue weighted by Crippen LogP contribution is -2.34. The minimum atomic E-state index is -0.612. The number of benzene rings is 2. The molecule has 3 rings (SSSR count). The van der Waals surface area contributed by atoms with Crippen molar-refractivity contribution in [2.75, 3.05) is 13.2 Å². The smallest absolute Gasteiger partial charge is 0.326 e. The van der Waals surface area contributed by atoms with Crippen LogP contribution in [0.1, 0.15) is 18.1 Å². The summed E-state index contributed by atoms with van der Waals surface area (Å²) in [4.78, 5) is 37.2. The van der Waals surface area contributed by atoms with Crippen LogP contribution in [-0.2, 0) is 20.9 Å². The molecule has 0 unspecified atom stereocenters. The summed E-state index contributed by atoms with van der Waals surface area (Å²) in [7, 11) is 0. The van der Waals surface area contributed by atoms with Crippen LogP contribution in [-0.4, -0.2) is 35.2 Å². The maximum Gasteiger partial charge on any atom is 0.326 e. The monoisotopic (exact) mass is 475 g/mol. The molecule has 1 aliphatic rings. The van der Waals surface area contributed by atoms with E-state index in [1.807, 2.05) is 30.3 Å². The van der Waals surface area contributed by atoms with Crippen molar-refractivity contribution in [1.29, 1.82) is 0 Å². The molecule has 6 nitrogen and oxygen atoms in total. The number of thioether (sulfide) groups is 1. The van der Waals surface area contributed by atoms with E-state index in [-0.39, 0.29) is 18.1 Å². The number of hydrogen-bond donors (Lipinski definition) is 0. The van der Waals surface area contributed by atoms with E-state index >= 15 is 0 Å². The van der Waals surface area contributed by atoms with Gasteiger partial charge in [0.05, 0.1) is 16.0 Å². The first-order valence-corrected chi connectivity index (χ1v) is 10.5. The van der Waals surface area contributed by atoms with Gasteiger partial charge in [0.1, 0.15) is 18.9 Å². The fourth-order valence-corrected chi connectivity index (χ4v) is 3.93. The number of ether oxygens (including phenoxy) is 2. The van der Waals surface area contributed by atoms with Crippen molar-refractivity contribution in [1.82, 2.24) is 4.90 Å². The molecule has 29 heavy (non-hydrogen) atoms. The van der Waals surface area contributed by atoms with E-state index in [0.29, 0.717) is 12.4 Å². The first kappa shape index (κ1) is 21.1. The fourth-order valence-electron chi connectivity index (χ4n) is 2.58. The molecule has 0 atom stereocenters. The largest absolute Gasteiger partial charge is 0.488 e. The summed E-state index contributed by atoms with van der Waals surface area (Å²) in [6.45, 7) is 1.91. The van der Waals surface area contributed by atoms with Crippen LogP contribution in [0.25, 0.3) is 6.08 Å². The zero-order valence-electron chi connectivity index (χ0n) is 15.6. The molecule has 1 aliphatic heterocycles. The van der Waals surface area contributed by atoms with Crippen LogP contribution in [0.15, 0.2) is 57.9 Å². The van der Waals surface area contributed by atoms with E-state index < -0.39 is 17.1 Å². The highest BCUT2D eigenvalue weighted by Crippen LogP contribution is 2.34. The Balaban J connectivity index is 1.68. The average molecular weight is 476 g/mol. The van der Waals surface area contributed by atoms with Crippen LogP contribution >= 0.6 is 27.7 Å². The molecule has 0 spiro atoms. The SMILES string of the molecule is CCOC(=O)CN1C(=O)S/C(=C/c2ccc(OCc3ccccc3)c(Br)c2)C1=O. The lowest BCUT2D eigenvalue weighted by atomic mass is 10.2. The van der Waals surface area contributed by atoms with Gasteiger partial charge in [0.25, 0.3) is 11.1 Å². The minimum absolute atomic E-state index is 0.192. The van der Waals surface area contributed by atoms with Gasteiger partial charge in [-0.05, 0) is 64.0 Å². The third-order valence-electron chi connectivity index (χ3n) is 3.96. The van der Waals surface area contributed by atoms with E-state index in [9.17, 15) is 14.4 Å². The molecule has 150 valence electrons. The van der Waals surface area contributed by atoms with Crippen molar-refractivity contribution in [2.45, 2.75) is 13.5 Å². The number of carbonyl (C=O) groups is 3. The number of esters is 1. The molecule has 0 aliphatic carbocycles. The number of hydrogen-bond acceptors (Lipinski definition) is 6. The van der Waals surface area contributed by atoms with Gasteiger partial charge in [0.15, 0.2) is 0 Å². The van der Waals surface area contributed by atoms with Crippen molar-refractivity contribution in [3.63, 3.8) is 0 Å². The van der Waals surface area contributed by atoms with Crippen molar-refractivity contribution >= 4 is 50.9 Å². The van der Waals surface area contributed by atoms with Gasteiger partial charge in [-0.1, -0.05) is 36.4 Å². The first-order chi connectivity index (χ1) is 14.0. The maximum atomic E-state index is 12.4. The first-order valence-electron chi connectivity index (χ1n) is 8.85. The van der Waals surface area contributed by atoms with Crippen LogP contribution in [0.3, 0.4) is 0 Å². The zero-order valence-corrected chi connectivity index (χ0v) is 18.0. The third-order valence-corrected chi connectivity index (χ3v) is 5.48. The summed E-state index contributed by atoms with van der Waals surface area (Å²) in [6.07, 6.45) is 1.61. The Morgan fingerprint density at radius 3 is 2.62 bits per heavy atom. The van der Waals surface area contributed by atoms with Crippen LogP contribution < -0.4 is 4.74 Å². The summed E-state index contributed by atoms with van der Waals surface area (Å²) >= 11 is 4.27. The lowest BCUT2D eigenvalue weighted by molar-refractivity contribution is -0.145. The lowest BCUT2D eigenvalue weighted by Gasteiger charge is -2.11. The standard InChI is InChI=1S/C21H18BrNO5S/c1-2-27-19(24)12-23-20(25)18(29-21(23)26)11-15-8-9-17(16(22)10-15)28-13-14-6-4-3-5-7-14/h3-11H,2,12-13H2,1H3/b18-11+. The van der Waals surface area contributed by atoms with Crippen molar-refractivity contribution in [2.24, 2.45) is 0 Å². The molecular formula is C21H18BrNO5S. The second kappa shape index (κ2) is 9.76. The molecule has 1 saturated heterocycles. The minimum Gasteiger partial charge on any atom is -0.488 e. The van der Waals surface area contributed by atoms with Crippen LogP contribution in [0.4, 0.5) is 4.79 Å². The van der Waals surface area contributed by atoms with Gasteiger partial charge in [-0.2, -0.15) is 0 Å². The summed E-state index contributed by atoms with van der Waals surface area (Å²) in [5.41, 5.74) is 1.78. The number of rotatable bonds is 7. The Bertz CT molecular complexity index is 961. The van der Waals surface area contributed by atoms with E-state index in [1.54, 1.807) is 31.2 Å². The number of imide groups is 1. The zero-order chi connectivity index (χ0) is 20.8. The Hall–Kier alpha value is -2.58. The predicted molar refractivity (Wildman–Crippen MR) is 114 cm³/mol. The van der Waals surface area contributed by atoms with Gasteiger partial charge in [0, 0.05) is 0 Å². The maximum absolute atomic E-state index is 12.4. The van der Waals surface area contributed by atoms with E-state index in [1.165, 1.54) is 0 Å². The second-order valence-corrected chi connectivity index (χ2v) is 7.88. The van der Waals surface area contributed by atoms with Gasteiger partial charge in [-0.15, -0.1) is 0 Å². The third kappa shape index (κ3) is 5.48. The summed E-state index contributed by atoms with van der Waals surface area (Å²) in [6, 6.07) is 15.2. The average Bonchev–Trinajstić information content (AvgIpc) is 2.96. The van der Waals surface area contributed by atoms with Gasteiger partial charge in [0.2, 0.25) is 0 Å². The van der Waals surface area contributed by atoms with Gasteiger partial charge >= 0.3 is 5.97 Å². The molecule has 2 amide bonds. The Morgan fingerprint density at radius 1 is 1.17 bits per heavy atom. The van der Waals surface area contributed by atoms with Crippen molar-refractivity contribution in [3.05, 3.63) is 69.0 Å². The van der Waals surface area contributed by atoms with Crippen LogP contribution in [0.5, 0.6) is 5.75 Å². The summed E-state index contributed by atoms with van der Waals surface area (Å²) in [5.74, 6) is -0.450. The molecule has 0 saturated carbocycles. The van der Waals surface area contributed by atoms with E-state index in [4.69, 9.17) is 9.47 Å². The van der Waals surface area contributed by atoms with Crippen molar-refractivity contribution in [3.8, 4) is 5.75 Å². The molecule has 1 fully saturated rings. The molecule has 0 bridgehead atoms. The molecule has 2 aromatic carbocycles. The number of halogens is 1.